The van der Waals surface area contributed by atoms with Gasteiger partial charge in [0.25, 0.3) is 0 Å². The fourth-order valence-electron chi connectivity index (χ4n) is 3.57. The molecule has 0 aromatic heterocycles. The minimum atomic E-state index is -0.321. The van der Waals surface area contributed by atoms with Crippen molar-refractivity contribution in [2.45, 2.75) is 51.7 Å². The number of carbonyl (C=O) groups is 1. The summed E-state index contributed by atoms with van der Waals surface area (Å²) in [5.41, 5.74) is 8.39. The van der Waals surface area contributed by atoms with Crippen LogP contribution in [0.4, 0.5) is 0 Å². The van der Waals surface area contributed by atoms with Crippen molar-refractivity contribution in [1.82, 2.24) is 16.2 Å². The highest BCUT2D eigenvalue weighted by Gasteiger charge is 2.31. The summed E-state index contributed by atoms with van der Waals surface area (Å²) < 4.78 is 16.9. The number of hydrazine groups is 1. The largest absolute Gasteiger partial charge is 0.493 e. The van der Waals surface area contributed by atoms with Crippen LogP contribution in [-0.2, 0) is 11.3 Å². The number of ether oxygens (including phenoxy) is 3. The molecule has 1 aliphatic rings. The SMILES string of the molecule is CCCCOc1ccccc1C1CC(C(=O)NCc2ccc(OC)c(OCC)c2)NN1. The number of unbranched alkanes of at least 4 members (excludes halogenated alkanes) is 1. The van der Waals surface area contributed by atoms with Gasteiger partial charge in [0.05, 0.1) is 26.4 Å². The van der Waals surface area contributed by atoms with Crippen molar-refractivity contribution >= 4 is 5.91 Å². The zero-order valence-electron chi connectivity index (χ0n) is 18.6. The Kier molecular flexibility index (Phi) is 8.55. The van der Waals surface area contributed by atoms with E-state index in [1.54, 1.807) is 7.11 Å². The fourth-order valence-corrected chi connectivity index (χ4v) is 3.57. The summed E-state index contributed by atoms with van der Waals surface area (Å²) in [6, 6.07) is 13.4. The molecule has 0 saturated carbocycles. The number of rotatable bonds is 11. The topological polar surface area (TPSA) is 80.9 Å². The zero-order chi connectivity index (χ0) is 22.1. The van der Waals surface area contributed by atoms with Gasteiger partial charge in [0.1, 0.15) is 11.8 Å². The molecule has 2 atom stereocenters. The van der Waals surface area contributed by atoms with E-state index in [2.05, 4.69) is 23.1 Å². The Labute approximate surface area is 184 Å². The van der Waals surface area contributed by atoms with Crippen molar-refractivity contribution in [1.29, 1.82) is 0 Å². The van der Waals surface area contributed by atoms with Gasteiger partial charge in [-0.25, -0.2) is 10.9 Å². The van der Waals surface area contributed by atoms with Gasteiger partial charge >= 0.3 is 0 Å². The number of benzene rings is 2. The summed E-state index contributed by atoms with van der Waals surface area (Å²) >= 11 is 0. The maximum Gasteiger partial charge on any atom is 0.238 e. The van der Waals surface area contributed by atoms with Gasteiger partial charge in [-0.05, 0) is 43.5 Å². The number of para-hydroxylation sites is 1. The molecule has 0 spiro atoms. The summed E-state index contributed by atoms with van der Waals surface area (Å²) in [4.78, 5) is 12.7. The van der Waals surface area contributed by atoms with E-state index in [-0.39, 0.29) is 18.0 Å². The van der Waals surface area contributed by atoms with E-state index in [1.165, 1.54) is 0 Å². The fraction of sp³-hybridized carbons (Fsp3) is 0.458. The van der Waals surface area contributed by atoms with E-state index in [0.29, 0.717) is 37.7 Å². The van der Waals surface area contributed by atoms with Gasteiger partial charge in [0.15, 0.2) is 11.5 Å². The number of hydrogen-bond donors (Lipinski definition) is 3. The van der Waals surface area contributed by atoms with Crippen LogP contribution in [0.1, 0.15) is 50.3 Å². The Morgan fingerprint density at radius 2 is 1.90 bits per heavy atom. The lowest BCUT2D eigenvalue weighted by atomic mass is 10.0. The predicted octanol–water partition coefficient (Wildman–Crippen LogP) is 3.50. The highest BCUT2D eigenvalue weighted by Crippen LogP contribution is 2.31. The molecule has 3 N–H and O–H groups in total. The molecule has 3 rings (SSSR count). The second-order valence-corrected chi connectivity index (χ2v) is 7.51. The maximum atomic E-state index is 12.7. The average Bonchev–Trinajstić information content (AvgIpc) is 3.28. The number of amides is 1. The lowest BCUT2D eigenvalue weighted by Crippen LogP contribution is -2.42. The van der Waals surface area contributed by atoms with E-state index in [9.17, 15) is 4.79 Å². The Morgan fingerprint density at radius 1 is 1.06 bits per heavy atom. The van der Waals surface area contributed by atoms with Crippen molar-refractivity contribution in [3.05, 3.63) is 53.6 Å². The molecular formula is C24H33N3O4. The minimum absolute atomic E-state index is 0.0131. The van der Waals surface area contributed by atoms with Crippen LogP contribution in [0.25, 0.3) is 0 Å². The molecule has 2 aromatic rings. The Hall–Kier alpha value is -2.77. The van der Waals surface area contributed by atoms with Crippen molar-refractivity contribution in [3.8, 4) is 17.2 Å². The number of hydrogen-bond acceptors (Lipinski definition) is 6. The first kappa shape index (κ1) is 22.9. The molecule has 2 unspecified atom stereocenters. The third-order valence-corrected chi connectivity index (χ3v) is 5.26. The zero-order valence-corrected chi connectivity index (χ0v) is 18.6. The number of methoxy groups -OCH3 is 1. The third kappa shape index (κ3) is 6.12. The molecule has 168 valence electrons. The van der Waals surface area contributed by atoms with Gasteiger partial charge in [-0.1, -0.05) is 37.6 Å². The predicted molar refractivity (Wildman–Crippen MR) is 120 cm³/mol. The highest BCUT2D eigenvalue weighted by molar-refractivity contribution is 5.82. The van der Waals surface area contributed by atoms with Gasteiger partial charge in [-0.2, -0.15) is 0 Å². The van der Waals surface area contributed by atoms with E-state index < -0.39 is 0 Å². The molecule has 1 heterocycles. The van der Waals surface area contributed by atoms with Crippen LogP contribution in [0, 0.1) is 0 Å². The van der Waals surface area contributed by atoms with Gasteiger partial charge in [0, 0.05) is 12.1 Å². The molecular weight excluding hydrogens is 394 g/mol. The normalized spacial score (nSPS) is 17.9. The minimum Gasteiger partial charge on any atom is -0.493 e. The van der Waals surface area contributed by atoms with Crippen LogP contribution in [0.15, 0.2) is 42.5 Å². The second-order valence-electron chi connectivity index (χ2n) is 7.51. The second kappa shape index (κ2) is 11.6. The molecule has 1 saturated heterocycles. The monoisotopic (exact) mass is 427 g/mol. The molecule has 1 fully saturated rings. The van der Waals surface area contributed by atoms with Gasteiger partial charge < -0.3 is 19.5 Å². The van der Waals surface area contributed by atoms with Crippen molar-refractivity contribution in [3.63, 3.8) is 0 Å². The first-order valence-electron chi connectivity index (χ1n) is 11.0. The number of carbonyl (C=O) groups excluding carboxylic acids is 1. The lowest BCUT2D eigenvalue weighted by Gasteiger charge is -2.16. The van der Waals surface area contributed by atoms with Crippen LogP contribution >= 0.6 is 0 Å². The molecule has 1 aliphatic heterocycles. The molecule has 31 heavy (non-hydrogen) atoms. The van der Waals surface area contributed by atoms with Crippen LogP contribution in [0.2, 0.25) is 0 Å². The standard InChI is InChI=1S/C24H33N3O4/c1-4-6-13-31-21-10-8-7-9-18(21)19-15-20(27-26-19)24(28)25-16-17-11-12-22(29-3)23(14-17)30-5-2/h7-12,14,19-20,26-27H,4-6,13,15-16H2,1-3H3,(H,25,28). The van der Waals surface area contributed by atoms with Crippen molar-refractivity contribution in [2.24, 2.45) is 0 Å². The molecule has 0 aliphatic carbocycles. The quantitative estimate of drug-likeness (QED) is 0.476. The summed E-state index contributed by atoms with van der Waals surface area (Å²) in [7, 11) is 1.61. The van der Waals surface area contributed by atoms with Gasteiger partial charge in [-0.15, -0.1) is 0 Å². The average molecular weight is 428 g/mol. The van der Waals surface area contributed by atoms with Gasteiger partial charge in [-0.3, -0.25) is 4.79 Å². The maximum absolute atomic E-state index is 12.7. The van der Waals surface area contributed by atoms with Crippen molar-refractivity contribution in [2.75, 3.05) is 20.3 Å². The van der Waals surface area contributed by atoms with E-state index >= 15 is 0 Å². The Bertz CT molecular complexity index is 858. The third-order valence-electron chi connectivity index (χ3n) is 5.26. The molecule has 7 nitrogen and oxygen atoms in total. The molecule has 7 heteroatoms. The Balaban J connectivity index is 1.56. The first-order valence-corrected chi connectivity index (χ1v) is 11.0. The summed E-state index contributed by atoms with van der Waals surface area (Å²) in [5.74, 6) is 2.18. The summed E-state index contributed by atoms with van der Waals surface area (Å²) in [6.45, 7) is 5.74. The molecule has 1 amide bonds. The van der Waals surface area contributed by atoms with E-state index in [0.717, 1.165) is 29.7 Å². The van der Waals surface area contributed by atoms with Crippen LogP contribution in [-0.4, -0.2) is 32.3 Å². The summed E-state index contributed by atoms with van der Waals surface area (Å²) in [5, 5.41) is 3.01. The lowest BCUT2D eigenvalue weighted by molar-refractivity contribution is -0.123. The molecule has 2 aromatic carbocycles. The number of nitrogens with one attached hydrogen (secondary N) is 3. The van der Waals surface area contributed by atoms with Gasteiger partial charge in [0.2, 0.25) is 5.91 Å². The van der Waals surface area contributed by atoms with Crippen LogP contribution < -0.4 is 30.4 Å². The highest BCUT2D eigenvalue weighted by atomic mass is 16.5. The molecule has 0 radical (unpaired) electrons. The van der Waals surface area contributed by atoms with Crippen LogP contribution in [0.3, 0.4) is 0 Å². The molecule has 0 bridgehead atoms. The smallest absolute Gasteiger partial charge is 0.238 e. The summed E-state index contributed by atoms with van der Waals surface area (Å²) in [6.07, 6.45) is 2.76. The van der Waals surface area contributed by atoms with Crippen molar-refractivity contribution < 1.29 is 19.0 Å². The first-order chi connectivity index (χ1) is 15.2. The van der Waals surface area contributed by atoms with E-state index in [1.807, 2.05) is 49.4 Å². The Morgan fingerprint density at radius 3 is 2.68 bits per heavy atom. The van der Waals surface area contributed by atoms with E-state index in [4.69, 9.17) is 14.2 Å². The van der Waals surface area contributed by atoms with Crippen LogP contribution in [0.5, 0.6) is 17.2 Å².